The van der Waals surface area contributed by atoms with Crippen molar-refractivity contribution >= 4 is 11.6 Å². The number of likely N-dealkylation sites (tertiary alicyclic amines) is 1. The van der Waals surface area contributed by atoms with Crippen molar-refractivity contribution in [2.75, 3.05) is 13.1 Å². The Bertz CT molecular complexity index is 563. The van der Waals surface area contributed by atoms with E-state index in [1.165, 1.54) is 4.90 Å². The van der Waals surface area contributed by atoms with Gasteiger partial charge in [-0.3, -0.25) is 14.9 Å². The molecule has 108 valence electrons. The van der Waals surface area contributed by atoms with Gasteiger partial charge in [0.05, 0.1) is 11.0 Å². The first-order valence-electron chi connectivity index (χ1n) is 6.36. The fourth-order valence-corrected chi connectivity index (χ4v) is 2.38. The zero-order chi connectivity index (χ0) is 14.9. The van der Waals surface area contributed by atoms with Crippen molar-refractivity contribution in [3.8, 4) is 0 Å². The van der Waals surface area contributed by atoms with Gasteiger partial charge in [0.2, 0.25) is 0 Å². The first kappa shape index (κ1) is 14.4. The molecule has 0 spiro atoms. The van der Waals surface area contributed by atoms with Crippen LogP contribution in [-0.2, 0) is 0 Å². The van der Waals surface area contributed by atoms with Gasteiger partial charge in [0.25, 0.3) is 11.6 Å². The minimum Gasteiger partial charge on any atom is -0.338 e. The lowest BCUT2D eigenvalue weighted by atomic mass is 10.1. The molecule has 0 N–H and O–H groups in total. The van der Waals surface area contributed by atoms with Gasteiger partial charge < -0.3 is 4.90 Å². The van der Waals surface area contributed by atoms with E-state index in [9.17, 15) is 23.7 Å². The summed E-state index contributed by atoms with van der Waals surface area (Å²) in [6.45, 7) is 2.97. The number of benzene rings is 1. The number of nitro benzene ring substituents is 1. The Hall–Kier alpha value is -2.05. The van der Waals surface area contributed by atoms with Crippen LogP contribution in [0.25, 0.3) is 0 Å². The molecule has 1 fully saturated rings. The average molecular weight is 284 g/mol. The Balaban J connectivity index is 2.34. The van der Waals surface area contributed by atoms with Crippen molar-refractivity contribution in [3.05, 3.63) is 39.4 Å². The third-order valence-electron chi connectivity index (χ3n) is 3.62. The summed E-state index contributed by atoms with van der Waals surface area (Å²) in [7, 11) is 0. The van der Waals surface area contributed by atoms with Gasteiger partial charge in [-0.1, -0.05) is 13.3 Å². The summed E-state index contributed by atoms with van der Waals surface area (Å²) in [5.74, 6) is -2.86. The monoisotopic (exact) mass is 284 g/mol. The van der Waals surface area contributed by atoms with E-state index in [2.05, 4.69) is 0 Å². The molecule has 7 heteroatoms. The zero-order valence-corrected chi connectivity index (χ0v) is 10.9. The van der Waals surface area contributed by atoms with E-state index in [0.717, 1.165) is 12.8 Å². The molecule has 0 aliphatic carbocycles. The quantitative estimate of drug-likeness (QED) is 0.633. The van der Waals surface area contributed by atoms with E-state index in [1.54, 1.807) is 0 Å². The van der Waals surface area contributed by atoms with E-state index in [4.69, 9.17) is 0 Å². The van der Waals surface area contributed by atoms with E-state index in [1.807, 2.05) is 6.92 Å². The third kappa shape index (κ3) is 2.61. The lowest BCUT2D eigenvalue weighted by Gasteiger charge is -2.16. The molecule has 1 aromatic rings. The summed E-state index contributed by atoms with van der Waals surface area (Å²) in [5, 5.41) is 10.9. The fourth-order valence-electron chi connectivity index (χ4n) is 2.38. The molecule has 1 heterocycles. The molecule has 1 aromatic carbocycles. The molecular weight excluding hydrogens is 270 g/mol. The van der Waals surface area contributed by atoms with Gasteiger partial charge in [0.15, 0.2) is 11.6 Å². The van der Waals surface area contributed by atoms with Crippen LogP contribution in [0.4, 0.5) is 14.5 Å². The first-order chi connectivity index (χ1) is 9.43. The highest BCUT2D eigenvalue weighted by molar-refractivity contribution is 5.98. The van der Waals surface area contributed by atoms with Crippen molar-refractivity contribution in [2.45, 2.75) is 19.8 Å². The van der Waals surface area contributed by atoms with Crippen LogP contribution < -0.4 is 0 Å². The SMILES string of the molecule is CCC1CCN(C(=O)c2cc(F)c(F)cc2[N+](=O)[O-])C1. The predicted molar refractivity (Wildman–Crippen MR) is 67.3 cm³/mol. The van der Waals surface area contributed by atoms with Crippen LogP contribution in [0, 0.1) is 27.7 Å². The molecule has 2 rings (SSSR count). The highest BCUT2D eigenvalue weighted by Gasteiger charge is 2.31. The Morgan fingerprint density at radius 2 is 2.10 bits per heavy atom. The minimum absolute atomic E-state index is 0.350. The molecule has 0 aromatic heterocycles. The zero-order valence-electron chi connectivity index (χ0n) is 10.9. The minimum atomic E-state index is -1.33. The van der Waals surface area contributed by atoms with Crippen molar-refractivity contribution in [2.24, 2.45) is 5.92 Å². The lowest BCUT2D eigenvalue weighted by molar-refractivity contribution is -0.385. The number of hydrogen-bond donors (Lipinski definition) is 0. The highest BCUT2D eigenvalue weighted by Crippen LogP contribution is 2.27. The van der Waals surface area contributed by atoms with Crippen molar-refractivity contribution in [1.82, 2.24) is 4.90 Å². The van der Waals surface area contributed by atoms with E-state index < -0.39 is 33.7 Å². The van der Waals surface area contributed by atoms with Crippen LogP contribution in [0.1, 0.15) is 30.1 Å². The number of rotatable bonds is 3. The Morgan fingerprint density at radius 3 is 2.65 bits per heavy atom. The smallest absolute Gasteiger partial charge is 0.285 e. The van der Waals surface area contributed by atoms with E-state index in [-0.39, 0.29) is 0 Å². The second kappa shape index (κ2) is 5.52. The number of amides is 1. The maximum atomic E-state index is 13.2. The van der Waals surface area contributed by atoms with E-state index >= 15 is 0 Å². The molecule has 0 radical (unpaired) electrons. The second-order valence-corrected chi connectivity index (χ2v) is 4.85. The highest BCUT2D eigenvalue weighted by atomic mass is 19.2. The Labute approximate surface area is 114 Å². The van der Waals surface area contributed by atoms with Gasteiger partial charge in [0.1, 0.15) is 5.56 Å². The maximum absolute atomic E-state index is 13.2. The molecule has 20 heavy (non-hydrogen) atoms. The van der Waals surface area contributed by atoms with Crippen LogP contribution in [0.3, 0.4) is 0 Å². The molecule has 0 saturated carbocycles. The molecule has 1 unspecified atom stereocenters. The molecular formula is C13H14F2N2O3. The molecule has 1 atom stereocenters. The second-order valence-electron chi connectivity index (χ2n) is 4.85. The van der Waals surface area contributed by atoms with Crippen molar-refractivity contribution in [1.29, 1.82) is 0 Å². The van der Waals surface area contributed by atoms with Gasteiger partial charge in [-0.2, -0.15) is 0 Å². The number of nitro groups is 1. The van der Waals surface area contributed by atoms with Crippen LogP contribution in [-0.4, -0.2) is 28.8 Å². The average Bonchev–Trinajstić information content (AvgIpc) is 2.89. The summed E-state index contributed by atoms with van der Waals surface area (Å²) in [6, 6.07) is 1.06. The number of nitrogens with zero attached hydrogens (tertiary/aromatic N) is 2. The number of hydrogen-bond acceptors (Lipinski definition) is 3. The largest absolute Gasteiger partial charge is 0.338 e. The summed E-state index contributed by atoms with van der Waals surface area (Å²) in [4.78, 5) is 23.7. The van der Waals surface area contributed by atoms with Crippen molar-refractivity contribution < 1.29 is 18.5 Å². The number of carbonyl (C=O) groups excluding carboxylic acids is 1. The Kier molecular flexibility index (Phi) is 3.96. The van der Waals surface area contributed by atoms with Gasteiger partial charge in [-0.25, -0.2) is 8.78 Å². The number of carbonyl (C=O) groups is 1. The lowest BCUT2D eigenvalue weighted by Crippen LogP contribution is -2.29. The van der Waals surface area contributed by atoms with Gasteiger partial charge in [-0.15, -0.1) is 0 Å². The van der Waals surface area contributed by atoms with Crippen LogP contribution >= 0.6 is 0 Å². The molecule has 1 aliphatic rings. The molecule has 1 saturated heterocycles. The predicted octanol–water partition coefficient (Wildman–Crippen LogP) is 2.75. The molecule has 5 nitrogen and oxygen atoms in total. The van der Waals surface area contributed by atoms with Crippen LogP contribution in [0.2, 0.25) is 0 Å². The number of halogens is 2. The summed E-state index contributed by atoms with van der Waals surface area (Å²) < 4.78 is 26.3. The third-order valence-corrected chi connectivity index (χ3v) is 3.62. The van der Waals surface area contributed by atoms with Gasteiger partial charge >= 0.3 is 0 Å². The molecule has 0 bridgehead atoms. The summed E-state index contributed by atoms with van der Waals surface area (Å²) in [5.41, 5.74) is -1.10. The van der Waals surface area contributed by atoms with Gasteiger partial charge in [-0.05, 0) is 18.4 Å². The Morgan fingerprint density at radius 1 is 1.45 bits per heavy atom. The maximum Gasteiger partial charge on any atom is 0.285 e. The fraction of sp³-hybridized carbons (Fsp3) is 0.462. The molecule has 1 amide bonds. The van der Waals surface area contributed by atoms with Crippen LogP contribution in [0.15, 0.2) is 12.1 Å². The summed E-state index contributed by atoms with van der Waals surface area (Å²) >= 11 is 0. The van der Waals surface area contributed by atoms with Crippen molar-refractivity contribution in [3.63, 3.8) is 0 Å². The standard InChI is InChI=1S/C13H14F2N2O3/c1-2-8-3-4-16(7-8)13(18)9-5-10(14)11(15)6-12(9)17(19)20/h5-6,8H,2-4,7H2,1H3. The first-order valence-corrected chi connectivity index (χ1v) is 6.36. The molecule has 1 aliphatic heterocycles. The topological polar surface area (TPSA) is 63.5 Å². The summed E-state index contributed by atoms with van der Waals surface area (Å²) in [6.07, 6.45) is 1.73. The van der Waals surface area contributed by atoms with Crippen LogP contribution in [0.5, 0.6) is 0 Å². The van der Waals surface area contributed by atoms with Gasteiger partial charge in [0, 0.05) is 13.1 Å². The normalized spacial score (nSPS) is 18.4. The van der Waals surface area contributed by atoms with E-state index in [0.29, 0.717) is 31.1 Å².